The first-order chi connectivity index (χ1) is 8.70. The van der Waals surface area contributed by atoms with Gasteiger partial charge in [0, 0.05) is 11.4 Å². The van der Waals surface area contributed by atoms with Crippen molar-refractivity contribution in [1.82, 2.24) is 19.5 Å². The molecule has 0 bridgehead atoms. The first-order valence-electron chi connectivity index (χ1n) is 5.22. The van der Waals surface area contributed by atoms with Crippen LogP contribution < -0.4 is 0 Å². The highest BCUT2D eigenvalue weighted by atomic mass is 79.9. The minimum absolute atomic E-state index is 0.173. The first kappa shape index (κ1) is 11.4. The zero-order valence-corrected chi connectivity index (χ0v) is 10.6. The summed E-state index contributed by atoms with van der Waals surface area (Å²) in [6, 6.07) is 0. The molecule has 7 nitrogen and oxygen atoms in total. The molecular weight excluding hydrogens is 304 g/mol. The van der Waals surface area contributed by atoms with Crippen LogP contribution in [0.1, 0.15) is 12.6 Å². The Morgan fingerprint density at radius 3 is 3.00 bits per heavy atom. The highest BCUT2D eigenvalue weighted by Crippen LogP contribution is 2.34. The van der Waals surface area contributed by atoms with Gasteiger partial charge in [-0.3, -0.25) is 4.57 Å². The second kappa shape index (κ2) is 4.21. The number of hydrogen-bond donors (Lipinski definition) is 2. The van der Waals surface area contributed by atoms with E-state index in [1.165, 1.54) is 12.7 Å². The number of aromatic hydroxyl groups is 1. The second-order valence-corrected chi connectivity index (χ2v) is 4.31. The van der Waals surface area contributed by atoms with E-state index in [-0.39, 0.29) is 5.88 Å². The van der Waals surface area contributed by atoms with Gasteiger partial charge in [0.1, 0.15) is 24.5 Å². The maximum absolute atomic E-state index is 9.75. The van der Waals surface area contributed by atoms with Crippen molar-refractivity contribution >= 4 is 27.1 Å². The van der Waals surface area contributed by atoms with E-state index in [1.54, 1.807) is 9.55 Å². The maximum Gasteiger partial charge on any atom is 0.242 e. The number of aromatic nitrogens is 4. The van der Waals surface area contributed by atoms with Crippen LogP contribution in [0, 0.1) is 0 Å². The van der Waals surface area contributed by atoms with E-state index < -0.39 is 12.3 Å². The number of ether oxygens (including phenoxy) is 1. The van der Waals surface area contributed by atoms with Crippen LogP contribution in [0.2, 0.25) is 0 Å². The van der Waals surface area contributed by atoms with Gasteiger partial charge in [-0.2, -0.15) is 4.98 Å². The van der Waals surface area contributed by atoms with Gasteiger partial charge in [0.25, 0.3) is 0 Å². The number of nitrogens with zero attached hydrogens (tertiary/aromatic N) is 4. The van der Waals surface area contributed by atoms with Crippen molar-refractivity contribution in [2.45, 2.75) is 18.8 Å². The molecule has 0 aromatic carbocycles. The van der Waals surface area contributed by atoms with Gasteiger partial charge >= 0.3 is 0 Å². The molecule has 18 heavy (non-hydrogen) atoms. The maximum atomic E-state index is 9.75. The van der Waals surface area contributed by atoms with Gasteiger partial charge < -0.3 is 14.9 Å². The van der Waals surface area contributed by atoms with E-state index in [0.717, 1.165) is 0 Å². The van der Waals surface area contributed by atoms with Crippen molar-refractivity contribution in [1.29, 1.82) is 0 Å². The summed E-state index contributed by atoms with van der Waals surface area (Å²) in [6.45, 7) is 0. The molecule has 0 saturated carbocycles. The summed E-state index contributed by atoms with van der Waals surface area (Å²) in [6.07, 6.45) is 2.09. The smallest absolute Gasteiger partial charge is 0.242 e. The normalized spacial score (nSPS) is 25.8. The molecule has 3 heterocycles. The van der Waals surface area contributed by atoms with Crippen LogP contribution in [-0.4, -0.2) is 35.8 Å². The molecule has 2 aromatic rings. The molecule has 0 amide bonds. The van der Waals surface area contributed by atoms with Crippen molar-refractivity contribution in [3.63, 3.8) is 0 Å². The molecule has 0 aliphatic carbocycles. The Labute approximate surface area is 110 Å². The molecule has 2 aromatic heterocycles. The van der Waals surface area contributed by atoms with Crippen LogP contribution in [0.25, 0.3) is 11.2 Å². The summed E-state index contributed by atoms with van der Waals surface area (Å²) in [4.78, 5) is 13.3. The number of aliphatic hydroxyl groups excluding tert-OH is 1. The Morgan fingerprint density at radius 2 is 2.28 bits per heavy atom. The molecule has 0 spiro atoms. The Hall–Kier alpha value is -1.67. The lowest BCUT2D eigenvalue weighted by Gasteiger charge is -2.11. The van der Waals surface area contributed by atoms with E-state index >= 15 is 0 Å². The average Bonchev–Trinajstić information content (AvgIpc) is 2.93. The van der Waals surface area contributed by atoms with Crippen molar-refractivity contribution in [2.75, 3.05) is 0 Å². The molecule has 8 heteroatoms. The van der Waals surface area contributed by atoms with Gasteiger partial charge in [0.15, 0.2) is 17.4 Å². The predicted octanol–water partition coefficient (Wildman–Crippen LogP) is 1.05. The predicted molar refractivity (Wildman–Crippen MR) is 64.7 cm³/mol. The van der Waals surface area contributed by atoms with Gasteiger partial charge in [0.2, 0.25) is 5.88 Å². The topological polar surface area (TPSA) is 93.3 Å². The SMILES string of the molecule is Oc1ncnc2c1ncn2[C@H]1C[C@H](O)C(=CBr)O1. The van der Waals surface area contributed by atoms with Crippen molar-refractivity contribution in [3.05, 3.63) is 23.4 Å². The molecule has 1 fully saturated rings. The van der Waals surface area contributed by atoms with Gasteiger partial charge in [-0.1, -0.05) is 15.9 Å². The fourth-order valence-electron chi connectivity index (χ4n) is 1.91. The Balaban J connectivity index is 2.04. The molecule has 0 radical (unpaired) electrons. The Bertz CT molecular complexity index is 627. The second-order valence-electron chi connectivity index (χ2n) is 3.86. The molecule has 3 rings (SSSR count). The summed E-state index contributed by atoms with van der Waals surface area (Å²) < 4.78 is 7.22. The minimum atomic E-state index is -0.665. The highest BCUT2D eigenvalue weighted by Gasteiger charge is 2.31. The number of aliphatic hydroxyl groups is 1. The third-order valence-electron chi connectivity index (χ3n) is 2.78. The average molecular weight is 313 g/mol. The minimum Gasteiger partial charge on any atom is -0.492 e. The highest BCUT2D eigenvalue weighted by molar-refractivity contribution is 9.11. The third-order valence-corrected chi connectivity index (χ3v) is 3.23. The zero-order valence-electron chi connectivity index (χ0n) is 9.06. The fourth-order valence-corrected chi connectivity index (χ4v) is 2.32. The number of imidazole rings is 1. The summed E-state index contributed by atoms with van der Waals surface area (Å²) >= 11 is 3.13. The fraction of sp³-hybridized carbons (Fsp3) is 0.300. The van der Waals surface area contributed by atoms with Crippen molar-refractivity contribution in [3.8, 4) is 5.88 Å². The summed E-state index contributed by atoms with van der Waals surface area (Å²) in [7, 11) is 0. The molecule has 94 valence electrons. The van der Waals surface area contributed by atoms with E-state index in [1.807, 2.05) is 0 Å². The van der Waals surface area contributed by atoms with Gasteiger partial charge in [-0.25, -0.2) is 9.97 Å². The first-order valence-corrected chi connectivity index (χ1v) is 6.13. The van der Waals surface area contributed by atoms with Crippen LogP contribution in [0.4, 0.5) is 0 Å². The lowest BCUT2D eigenvalue weighted by Crippen LogP contribution is -2.07. The zero-order chi connectivity index (χ0) is 12.7. The van der Waals surface area contributed by atoms with Crippen LogP contribution in [0.15, 0.2) is 23.4 Å². The van der Waals surface area contributed by atoms with Crippen LogP contribution in [-0.2, 0) is 4.74 Å². The molecule has 1 saturated heterocycles. The van der Waals surface area contributed by atoms with E-state index in [9.17, 15) is 10.2 Å². The van der Waals surface area contributed by atoms with E-state index in [0.29, 0.717) is 23.3 Å². The number of fused-ring (bicyclic) bond motifs is 1. The van der Waals surface area contributed by atoms with Gasteiger partial charge in [-0.05, 0) is 0 Å². The third kappa shape index (κ3) is 1.65. The molecular formula is C10H9BrN4O3. The van der Waals surface area contributed by atoms with Crippen molar-refractivity contribution < 1.29 is 14.9 Å². The lowest BCUT2D eigenvalue weighted by atomic mass is 10.2. The lowest BCUT2D eigenvalue weighted by molar-refractivity contribution is 0.101. The molecule has 1 aliphatic heterocycles. The molecule has 2 atom stereocenters. The largest absolute Gasteiger partial charge is 0.492 e. The van der Waals surface area contributed by atoms with Crippen LogP contribution in [0.5, 0.6) is 5.88 Å². The number of rotatable bonds is 1. The molecule has 0 unspecified atom stereocenters. The van der Waals surface area contributed by atoms with Crippen LogP contribution in [0.3, 0.4) is 0 Å². The number of hydrogen-bond acceptors (Lipinski definition) is 6. The standard InChI is InChI=1S/C10H9BrN4O3/c11-2-6-5(16)1-7(18-6)15-4-14-8-9(15)12-3-13-10(8)17/h2-5,7,16H,1H2,(H,12,13,17)/t5-,7+/m0/s1. The van der Waals surface area contributed by atoms with E-state index in [4.69, 9.17) is 4.74 Å². The Kier molecular flexibility index (Phi) is 2.67. The number of halogens is 1. The summed E-state index contributed by atoms with van der Waals surface area (Å²) in [5, 5.41) is 19.3. The molecule has 2 N–H and O–H groups in total. The monoisotopic (exact) mass is 312 g/mol. The van der Waals surface area contributed by atoms with Crippen LogP contribution >= 0.6 is 15.9 Å². The Morgan fingerprint density at radius 1 is 1.44 bits per heavy atom. The molecule has 1 aliphatic rings. The summed E-state index contributed by atoms with van der Waals surface area (Å²) in [5.41, 5.74) is 0.780. The van der Waals surface area contributed by atoms with E-state index in [2.05, 4.69) is 30.9 Å². The quantitative estimate of drug-likeness (QED) is 0.817. The van der Waals surface area contributed by atoms with Gasteiger partial charge in [0.05, 0.1) is 0 Å². The van der Waals surface area contributed by atoms with Crippen molar-refractivity contribution in [2.24, 2.45) is 0 Å². The summed E-state index contributed by atoms with van der Waals surface area (Å²) in [5.74, 6) is 0.286. The van der Waals surface area contributed by atoms with Gasteiger partial charge in [-0.15, -0.1) is 0 Å².